The molecule has 3 rings (SSSR count). The Kier molecular flexibility index (Phi) is 5.71. The third-order valence-electron chi connectivity index (χ3n) is 4.78. The van der Waals surface area contributed by atoms with Crippen LogP contribution >= 0.6 is 0 Å². The first-order chi connectivity index (χ1) is 12.2. The van der Waals surface area contributed by atoms with E-state index in [1.54, 1.807) is 0 Å². The first-order valence-electron chi connectivity index (χ1n) is 9.07. The van der Waals surface area contributed by atoms with E-state index in [9.17, 15) is 4.79 Å². The zero-order valence-electron chi connectivity index (χ0n) is 15.2. The van der Waals surface area contributed by atoms with Crippen LogP contribution in [-0.4, -0.2) is 50.1 Å². The summed E-state index contributed by atoms with van der Waals surface area (Å²) in [6.07, 6.45) is 0. The first-order valence-corrected chi connectivity index (χ1v) is 9.07. The average Bonchev–Trinajstić information content (AvgIpc) is 2.64. The van der Waals surface area contributed by atoms with Crippen LogP contribution in [0.5, 0.6) is 0 Å². The van der Waals surface area contributed by atoms with Crippen LogP contribution in [0.15, 0.2) is 54.6 Å². The van der Waals surface area contributed by atoms with Crippen molar-refractivity contribution in [1.82, 2.24) is 4.90 Å². The molecule has 132 valence electrons. The number of piperazine rings is 1. The molecule has 0 atom stereocenters. The van der Waals surface area contributed by atoms with Crippen LogP contribution in [0.1, 0.15) is 12.5 Å². The Balaban J connectivity index is 1.55. The third kappa shape index (κ3) is 4.40. The number of rotatable bonds is 5. The third-order valence-corrected chi connectivity index (χ3v) is 4.78. The van der Waals surface area contributed by atoms with E-state index in [0.717, 1.165) is 31.9 Å². The Morgan fingerprint density at radius 3 is 2.36 bits per heavy atom. The van der Waals surface area contributed by atoms with Crippen LogP contribution in [0.25, 0.3) is 0 Å². The average molecular weight is 337 g/mol. The van der Waals surface area contributed by atoms with Crippen LogP contribution in [-0.2, 0) is 4.79 Å². The lowest BCUT2D eigenvalue weighted by molar-refractivity contribution is -0.119. The molecule has 1 aliphatic heterocycles. The smallest absolute Gasteiger partial charge is 0.241 e. The topological polar surface area (TPSA) is 26.8 Å². The lowest BCUT2D eigenvalue weighted by Gasteiger charge is -2.36. The summed E-state index contributed by atoms with van der Waals surface area (Å²) in [6, 6.07) is 18.6. The maximum atomic E-state index is 12.7. The van der Waals surface area contributed by atoms with Crippen molar-refractivity contribution in [1.29, 1.82) is 0 Å². The van der Waals surface area contributed by atoms with E-state index in [1.165, 1.54) is 11.3 Å². The standard InChI is InChI=1S/C21H27N3O/c1-3-24(19-9-5-4-6-10-19)21(25)17-22-12-14-23(15-13-22)20-11-7-8-18(2)16-20/h4-11,16H,3,12-15,17H2,1-2H3. The Morgan fingerprint density at radius 2 is 1.72 bits per heavy atom. The number of aryl methyl sites for hydroxylation is 1. The Bertz CT molecular complexity index is 693. The highest BCUT2D eigenvalue weighted by atomic mass is 16.2. The number of carbonyl (C=O) groups is 1. The van der Waals surface area contributed by atoms with Gasteiger partial charge in [-0.2, -0.15) is 0 Å². The molecule has 0 N–H and O–H groups in total. The fourth-order valence-electron chi connectivity index (χ4n) is 3.38. The van der Waals surface area contributed by atoms with Gasteiger partial charge in [0.25, 0.3) is 0 Å². The van der Waals surface area contributed by atoms with Gasteiger partial charge >= 0.3 is 0 Å². The normalized spacial score (nSPS) is 15.2. The van der Waals surface area contributed by atoms with E-state index in [1.807, 2.05) is 42.2 Å². The van der Waals surface area contributed by atoms with Gasteiger partial charge in [-0.25, -0.2) is 0 Å². The minimum absolute atomic E-state index is 0.178. The summed E-state index contributed by atoms with van der Waals surface area (Å²) >= 11 is 0. The molecule has 1 amide bonds. The van der Waals surface area contributed by atoms with Crippen molar-refractivity contribution in [3.63, 3.8) is 0 Å². The van der Waals surface area contributed by atoms with Crippen LogP contribution < -0.4 is 9.80 Å². The molecule has 0 spiro atoms. The Morgan fingerprint density at radius 1 is 1.00 bits per heavy atom. The minimum atomic E-state index is 0.178. The van der Waals surface area contributed by atoms with Gasteiger partial charge in [-0.15, -0.1) is 0 Å². The molecule has 2 aromatic rings. The molecule has 25 heavy (non-hydrogen) atoms. The molecule has 4 heteroatoms. The van der Waals surface area contributed by atoms with Crippen molar-refractivity contribution in [2.24, 2.45) is 0 Å². The molecule has 0 radical (unpaired) electrons. The van der Waals surface area contributed by atoms with Gasteiger partial charge in [0.1, 0.15) is 0 Å². The maximum absolute atomic E-state index is 12.7. The van der Waals surface area contributed by atoms with E-state index in [0.29, 0.717) is 13.1 Å². The quantitative estimate of drug-likeness (QED) is 0.838. The Labute approximate surface area is 150 Å². The molecule has 0 bridgehead atoms. The fourth-order valence-corrected chi connectivity index (χ4v) is 3.38. The molecule has 4 nitrogen and oxygen atoms in total. The SMILES string of the molecule is CCN(C(=O)CN1CCN(c2cccc(C)c2)CC1)c1ccccc1. The molecule has 1 saturated heterocycles. The van der Waals surface area contributed by atoms with E-state index < -0.39 is 0 Å². The predicted molar refractivity (Wildman–Crippen MR) is 104 cm³/mol. The van der Waals surface area contributed by atoms with Crippen molar-refractivity contribution >= 4 is 17.3 Å². The summed E-state index contributed by atoms with van der Waals surface area (Å²) in [7, 11) is 0. The van der Waals surface area contributed by atoms with Gasteiger partial charge in [-0.05, 0) is 43.7 Å². The summed E-state index contributed by atoms with van der Waals surface area (Å²) < 4.78 is 0. The second kappa shape index (κ2) is 8.17. The summed E-state index contributed by atoms with van der Waals surface area (Å²) in [5.74, 6) is 0.178. The van der Waals surface area contributed by atoms with Crippen LogP contribution in [0.4, 0.5) is 11.4 Å². The molecule has 0 unspecified atom stereocenters. The highest BCUT2D eigenvalue weighted by molar-refractivity contribution is 5.94. The van der Waals surface area contributed by atoms with Gasteiger partial charge in [0.05, 0.1) is 6.54 Å². The van der Waals surface area contributed by atoms with E-state index in [2.05, 4.69) is 41.0 Å². The van der Waals surface area contributed by atoms with Gasteiger partial charge in [0, 0.05) is 44.1 Å². The highest BCUT2D eigenvalue weighted by Crippen LogP contribution is 2.18. The van der Waals surface area contributed by atoms with Gasteiger partial charge in [-0.1, -0.05) is 30.3 Å². The first kappa shape index (κ1) is 17.5. The fraction of sp³-hybridized carbons (Fsp3) is 0.381. The zero-order chi connectivity index (χ0) is 17.6. The second-order valence-electron chi connectivity index (χ2n) is 6.58. The number of anilines is 2. The Hall–Kier alpha value is -2.33. The molecule has 1 fully saturated rings. The monoisotopic (exact) mass is 337 g/mol. The second-order valence-corrected chi connectivity index (χ2v) is 6.58. The summed E-state index contributed by atoms with van der Waals surface area (Å²) in [5, 5.41) is 0. The van der Waals surface area contributed by atoms with Gasteiger partial charge in [-0.3, -0.25) is 9.69 Å². The number of carbonyl (C=O) groups excluding carboxylic acids is 1. The molecule has 0 saturated carbocycles. The van der Waals surface area contributed by atoms with Crippen molar-refractivity contribution in [3.05, 3.63) is 60.2 Å². The van der Waals surface area contributed by atoms with Crippen LogP contribution in [0, 0.1) is 6.92 Å². The molecule has 1 aliphatic rings. The summed E-state index contributed by atoms with van der Waals surface area (Å²) in [5.41, 5.74) is 3.55. The highest BCUT2D eigenvalue weighted by Gasteiger charge is 2.22. The summed E-state index contributed by atoms with van der Waals surface area (Å²) in [4.78, 5) is 19.2. The van der Waals surface area contributed by atoms with Crippen LogP contribution in [0.2, 0.25) is 0 Å². The van der Waals surface area contributed by atoms with Gasteiger partial charge < -0.3 is 9.80 Å². The molecule has 0 aliphatic carbocycles. The van der Waals surface area contributed by atoms with Crippen molar-refractivity contribution in [3.8, 4) is 0 Å². The zero-order valence-corrected chi connectivity index (χ0v) is 15.2. The lowest BCUT2D eigenvalue weighted by Crippen LogP contribution is -2.50. The number of likely N-dealkylation sites (N-methyl/N-ethyl adjacent to an activating group) is 1. The summed E-state index contributed by atoms with van der Waals surface area (Å²) in [6.45, 7) is 9.12. The maximum Gasteiger partial charge on any atom is 0.241 e. The number of hydrogen-bond acceptors (Lipinski definition) is 3. The molecule has 2 aromatic carbocycles. The van der Waals surface area contributed by atoms with Crippen LogP contribution in [0.3, 0.4) is 0 Å². The lowest BCUT2D eigenvalue weighted by atomic mass is 10.2. The number of nitrogens with zero attached hydrogens (tertiary/aromatic N) is 3. The van der Waals surface area contributed by atoms with Crippen molar-refractivity contribution < 1.29 is 4.79 Å². The van der Waals surface area contributed by atoms with E-state index >= 15 is 0 Å². The molecule has 0 aromatic heterocycles. The van der Waals surface area contributed by atoms with Crippen molar-refractivity contribution in [2.75, 3.05) is 49.1 Å². The molecule has 1 heterocycles. The number of amides is 1. The minimum Gasteiger partial charge on any atom is -0.369 e. The van der Waals surface area contributed by atoms with Gasteiger partial charge in [0.2, 0.25) is 5.91 Å². The van der Waals surface area contributed by atoms with E-state index in [-0.39, 0.29) is 5.91 Å². The van der Waals surface area contributed by atoms with E-state index in [4.69, 9.17) is 0 Å². The largest absolute Gasteiger partial charge is 0.369 e. The predicted octanol–water partition coefficient (Wildman–Crippen LogP) is 3.17. The molecular formula is C21H27N3O. The number of hydrogen-bond donors (Lipinski definition) is 0. The molecular weight excluding hydrogens is 310 g/mol. The number of benzene rings is 2. The van der Waals surface area contributed by atoms with Gasteiger partial charge in [0.15, 0.2) is 0 Å². The van der Waals surface area contributed by atoms with Crippen molar-refractivity contribution in [2.45, 2.75) is 13.8 Å². The number of para-hydroxylation sites is 1.